The predicted molar refractivity (Wildman–Crippen MR) is 78.1 cm³/mol. The van der Waals surface area contributed by atoms with Crippen molar-refractivity contribution >= 4 is 44.8 Å². The van der Waals surface area contributed by atoms with E-state index in [-0.39, 0.29) is 11.5 Å². The lowest BCUT2D eigenvalue weighted by Crippen LogP contribution is -2.11. The number of aryl methyl sites for hydroxylation is 1. The van der Waals surface area contributed by atoms with Gasteiger partial charge in [-0.15, -0.1) is 11.3 Å². The second kappa shape index (κ2) is 5.54. The number of nitrogens with one attached hydrogen (secondary N) is 1. The monoisotopic (exact) mass is 339 g/mol. The van der Waals surface area contributed by atoms with Crippen LogP contribution in [-0.4, -0.2) is 17.0 Å². The van der Waals surface area contributed by atoms with Crippen molar-refractivity contribution in [1.82, 2.24) is 0 Å². The number of anilines is 1. The van der Waals surface area contributed by atoms with Gasteiger partial charge in [0, 0.05) is 9.35 Å². The number of amides is 1. The van der Waals surface area contributed by atoms with Gasteiger partial charge in [-0.1, -0.05) is 0 Å². The summed E-state index contributed by atoms with van der Waals surface area (Å²) in [5, 5.41) is 11.6. The van der Waals surface area contributed by atoms with Crippen molar-refractivity contribution in [2.45, 2.75) is 6.92 Å². The van der Waals surface area contributed by atoms with Crippen molar-refractivity contribution in [2.24, 2.45) is 0 Å². The van der Waals surface area contributed by atoms with E-state index >= 15 is 0 Å². The van der Waals surface area contributed by atoms with Gasteiger partial charge in [0.2, 0.25) is 0 Å². The number of aromatic carboxylic acids is 1. The summed E-state index contributed by atoms with van der Waals surface area (Å²) < 4.78 is 0.638. The maximum atomic E-state index is 12.0. The molecule has 2 aromatic rings. The third kappa shape index (κ3) is 3.21. The fraction of sp³-hybridized carbons (Fsp3) is 0.0769. The van der Waals surface area contributed by atoms with Crippen LogP contribution in [0.2, 0.25) is 0 Å². The molecule has 0 atom stereocenters. The van der Waals surface area contributed by atoms with Gasteiger partial charge in [0.25, 0.3) is 5.91 Å². The number of halogens is 1. The van der Waals surface area contributed by atoms with E-state index in [1.54, 1.807) is 12.1 Å². The quantitative estimate of drug-likeness (QED) is 0.894. The second-order valence-corrected chi connectivity index (χ2v) is 6.01. The first kappa shape index (κ1) is 13.8. The minimum Gasteiger partial charge on any atom is -0.478 e. The summed E-state index contributed by atoms with van der Waals surface area (Å²) in [5.74, 6) is -1.28. The van der Waals surface area contributed by atoms with E-state index in [2.05, 4.69) is 21.2 Å². The fourth-order valence-corrected chi connectivity index (χ4v) is 2.60. The first-order valence-electron chi connectivity index (χ1n) is 5.38. The lowest BCUT2D eigenvalue weighted by Gasteiger charge is -2.07. The highest BCUT2D eigenvalue weighted by molar-refractivity contribution is 9.10. The molecule has 0 fully saturated rings. The summed E-state index contributed by atoms with van der Waals surface area (Å²) in [4.78, 5) is 24.5. The molecule has 4 nitrogen and oxygen atoms in total. The molecule has 0 saturated heterocycles. The fourth-order valence-electron chi connectivity index (χ4n) is 1.49. The van der Waals surface area contributed by atoms with Gasteiger partial charge < -0.3 is 10.4 Å². The Morgan fingerprint density at radius 3 is 2.58 bits per heavy atom. The van der Waals surface area contributed by atoms with Crippen LogP contribution in [0.25, 0.3) is 0 Å². The Bertz CT molecular complexity index is 651. The molecule has 0 unspecified atom stereocenters. The molecule has 2 rings (SSSR count). The highest BCUT2D eigenvalue weighted by Crippen LogP contribution is 2.25. The Labute approximate surface area is 122 Å². The van der Waals surface area contributed by atoms with E-state index in [0.717, 1.165) is 4.88 Å². The lowest BCUT2D eigenvalue weighted by atomic mass is 10.2. The third-order valence-electron chi connectivity index (χ3n) is 2.43. The number of carbonyl (C=O) groups excluding carboxylic acids is 1. The predicted octanol–water partition coefficient (Wildman–Crippen LogP) is 3.77. The van der Waals surface area contributed by atoms with Crippen molar-refractivity contribution in [2.75, 3.05) is 5.32 Å². The van der Waals surface area contributed by atoms with Gasteiger partial charge in [-0.25, -0.2) is 4.79 Å². The standard InChI is InChI=1S/C13H10BrNO3S/c1-7-2-5-11(19-7)12(16)15-10-6-8(13(17)18)3-4-9(10)14/h2-6H,1H3,(H,15,16)(H,17,18). The number of thiophene rings is 1. The topological polar surface area (TPSA) is 66.4 Å². The van der Waals surface area contributed by atoms with Crippen LogP contribution >= 0.6 is 27.3 Å². The van der Waals surface area contributed by atoms with E-state index in [4.69, 9.17) is 5.11 Å². The molecular formula is C13H10BrNO3S. The molecule has 0 aliphatic rings. The summed E-state index contributed by atoms with van der Waals surface area (Å²) in [5.41, 5.74) is 0.566. The minimum absolute atomic E-state index is 0.126. The number of carbonyl (C=O) groups is 2. The molecule has 6 heteroatoms. The van der Waals surface area contributed by atoms with Crippen LogP contribution < -0.4 is 5.32 Å². The molecule has 0 aliphatic carbocycles. The van der Waals surface area contributed by atoms with Crippen molar-refractivity contribution in [3.05, 3.63) is 50.1 Å². The van der Waals surface area contributed by atoms with E-state index in [9.17, 15) is 9.59 Å². The zero-order valence-electron chi connectivity index (χ0n) is 9.94. The highest BCUT2D eigenvalue weighted by atomic mass is 79.9. The molecular weight excluding hydrogens is 330 g/mol. The molecule has 0 spiro atoms. The molecule has 2 N–H and O–H groups in total. The summed E-state index contributed by atoms with van der Waals surface area (Å²) >= 11 is 4.67. The third-order valence-corrected chi connectivity index (χ3v) is 4.12. The van der Waals surface area contributed by atoms with Crippen LogP contribution in [0.1, 0.15) is 24.9 Å². The zero-order valence-corrected chi connectivity index (χ0v) is 12.3. The van der Waals surface area contributed by atoms with Crippen molar-refractivity contribution < 1.29 is 14.7 Å². The summed E-state index contributed by atoms with van der Waals surface area (Å²) in [6.07, 6.45) is 0. The number of benzene rings is 1. The van der Waals surface area contributed by atoms with Crippen LogP contribution in [0.5, 0.6) is 0 Å². The molecule has 1 amide bonds. The number of hydrogen-bond donors (Lipinski definition) is 2. The summed E-state index contributed by atoms with van der Waals surface area (Å²) in [7, 11) is 0. The molecule has 19 heavy (non-hydrogen) atoms. The van der Waals surface area contributed by atoms with Gasteiger partial charge in [-0.2, -0.15) is 0 Å². The smallest absolute Gasteiger partial charge is 0.335 e. The number of carboxylic acids is 1. The largest absolute Gasteiger partial charge is 0.478 e. The van der Waals surface area contributed by atoms with E-state index in [0.29, 0.717) is 15.0 Å². The Kier molecular flexibility index (Phi) is 4.01. The Morgan fingerprint density at radius 1 is 1.26 bits per heavy atom. The summed E-state index contributed by atoms with van der Waals surface area (Å²) in [6.45, 7) is 1.92. The van der Waals surface area contributed by atoms with Crippen LogP contribution in [0.15, 0.2) is 34.8 Å². The van der Waals surface area contributed by atoms with Gasteiger partial charge in [0.15, 0.2) is 0 Å². The SMILES string of the molecule is Cc1ccc(C(=O)Nc2cc(C(=O)O)ccc2Br)s1. The lowest BCUT2D eigenvalue weighted by molar-refractivity contribution is 0.0696. The van der Waals surface area contributed by atoms with Gasteiger partial charge >= 0.3 is 5.97 Å². The molecule has 1 heterocycles. The van der Waals surface area contributed by atoms with Gasteiger partial charge in [0.05, 0.1) is 16.1 Å². The van der Waals surface area contributed by atoms with E-state index in [1.807, 2.05) is 13.0 Å². The number of hydrogen-bond acceptors (Lipinski definition) is 3. The average Bonchev–Trinajstić information content (AvgIpc) is 2.78. The Hall–Kier alpha value is -1.66. The molecule has 0 saturated carbocycles. The average molecular weight is 340 g/mol. The van der Waals surface area contributed by atoms with Gasteiger partial charge in [-0.05, 0) is 53.2 Å². The van der Waals surface area contributed by atoms with Crippen LogP contribution in [0, 0.1) is 6.92 Å². The zero-order chi connectivity index (χ0) is 14.0. The molecule has 0 aliphatic heterocycles. The molecule has 1 aromatic carbocycles. The Morgan fingerprint density at radius 2 is 2.00 bits per heavy atom. The maximum Gasteiger partial charge on any atom is 0.335 e. The molecule has 0 bridgehead atoms. The number of rotatable bonds is 3. The first-order chi connectivity index (χ1) is 8.97. The number of carboxylic acid groups (broad SMARTS) is 1. The van der Waals surface area contributed by atoms with Gasteiger partial charge in [-0.3, -0.25) is 4.79 Å². The first-order valence-corrected chi connectivity index (χ1v) is 6.99. The normalized spacial score (nSPS) is 10.2. The van der Waals surface area contributed by atoms with E-state index < -0.39 is 5.97 Å². The highest BCUT2D eigenvalue weighted by Gasteiger charge is 2.12. The minimum atomic E-state index is -1.03. The second-order valence-electron chi connectivity index (χ2n) is 3.86. The van der Waals surface area contributed by atoms with E-state index in [1.165, 1.54) is 23.5 Å². The molecule has 0 radical (unpaired) electrons. The van der Waals surface area contributed by atoms with Crippen molar-refractivity contribution in [1.29, 1.82) is 0 Å². The molecule has 1 aromatic heterocycles. The Balaban J connectivity index is 2.25. The van der Waals surface area contributed by atoms with Crippen LogP contribution in [-0.2, 0) is 0 Å². The maximum absolute atomic E-state index is 12.0. The van der Waals surface area contributed by atoms with Crippen LogP contribution in [0.3, 0.4) is 0 Å². The van der Waals surface area contributed by atoms with Gasteiger partial charge in [0.1, 0.15) is 0 Å². The van der Waals surface area contributed by atoms with Crippen LogP contribution in [0.4, 0.5) is 5.69 Å². The molecule has 98 valence electrons. The van der Waals surface area contributed by atoms with Crippen molar-refractivity contribution in [3.8, 4) is 0 Å². The van der Waals surface area contributed by atoms with Crippen molar-refractivity contribution in [3.63, 3.8) is 0 Å². The summed E-state index contributed by atoms with van der Waals surface area (Å²) in [6, 6.07) is 8.09.